The maximum Gasteiger partial charge on any atom is 0.573 e. The molecule has 2 aromatic heterocycles. The van der Waals surface area contributed by atoms with Gasteiger partial charge in [-0.25, -0.2) is 4.98 Å². The first kappa shape index (κ1) is 22.3. The minimum atomic E-state index is -4.78. The Balaban J connectivity index is 1.84. The lowest BCUT2D eigenvalue weighted by atomic mass is 10.1. The van der Waals surface area contributed by atoms with Crippen molar-refractivity contribution in [2.24, 2.45) is 0 Å². The summed E-state index contributed by atoms with van der Waals surface area (Å²) in [6.45, 7) is 2.20. The quantitative estimate of drug-likeness (QED) is 0.472. The molecule has 1 atom stereocenters. The predicted molar refractivity (Wildman–Crippen MR) is 111 cm³/mol. The van der Waals surface area contributed by atoms with E-state index in [9.17, 15) is 18.3 Å². The van der Waals surface area contributed by atoms with Gasteiger partial charge in [0.15, 0.2) is 0 Å². The molecule has 0 radical (unpaired) electrons. The average molecular weight is 433 g/mol. The van der Waals surface area contributed by atoms with Crippen molar-refractivity contribution in [3.8, 4) is 17.0 Å². The van der Waals surface area contributed by atoms with Crippen molar-refractivity contribution in [3.05, 3.63) is 60.4 Å². The molecule has 3 rings (SSSR count). The number of hydrogen-bond donors (Lipinski definition) is 3. The van der Waals surface area contributed by atoms with E-state index in [-0.39, 0.29) is 24.3 Å². The molecule has 3 aromatic rings. The van der Waals surface area contributed by atoms with Crippen LogP contribution in [0, 0.1) is 0 Å². The van der Waals surface area contributed by atoms with Crippen LogP contribution in [0.3, 0.4) is 0 Å². The molecule has 0 aliphatic heterocycles. The van der Waals surface area contributed by atoms with Crippen LogP contribution < -0.4 is 15.4 Å². The first-order chi connectivity index (χ1) is 14.8. The molecule has 0 unspecified atom stereocenters. The highest BCUT2D eigenvalue weighted by molar-refractivity contribution is 5.66. The average Bonchev–Trinajstić information content (AvgIpc) is 2.73. The Morgan fingerprint density at radius 1 is 1.10 bits per heavy atom. The van der Waals surface area contributed by atoms with E-state index in [0.717, 1.165) is 12.0 Å². The number of halogens is 3. The van der Waals surface area contributed by atoms with Crippen LogP contribution in [-0.2, 0) is 6.42 Å². The van der Waals surface area contributed by atoms with E-state index in [4.69, 9.17) is 0 Å². The highest BCUT2D eigenvalue weighted by atomic mass is 19.4. The number of aliphatic hydroxyl groups is 1. The SMILES string of the molecule is C[C@H](CO)Nc1nc(NCCc2ccncc2)cc(-c2cccc(OC(F)(F)F)c2)n1. The molecule has 2 heterocycles. The summed E-state index contributed by atoms with van der Waals surface area (Å²) >= 11 is 0. The highest BCUT2D eigenvalue weighted by Gasteiger charge is 2.31. The van der Waals surface area contributed by atoms with E-state index in [2.05, 4.69) is 30.3 Å². The van der Waals surface area contributed by atoms with E-state index in [1.165, 1.54) is 18.2 Å². The fraction of sp³-hybridized carbons (Fsp3) is 0.286. The molecule has 0 fully saturated rings. The molecular formula is C21H22F3N5O2. The standard InChI is InChI=1S/C21H22F3N5O2/c1-14(13-30)27-20-28-18(16-3-2-4-17(11-16)31-21(22,23)24)12-19(29-20)26-10-7-15-5-8-25-9-6-15/h2-6,8-9,11-12,14,30H,7,10,13H2,1H3,(H2,26,27,28,29)/t14-/m1/s1. The number of aliphatic hydroxyl groups excluding tert-OH is 1. The Bertz CT molecular complexity index is 986. The molecule has 0 amide bonds. The van der Waals surface area contributed by atoms with Gasteiger partial charge in [0, 0.05) is 36.6 Å². The first-order valence-corrected chi connectivity index (χ1v) is 9.58. The Labute approximate surface area is 177 Å². The fourth-order valence-electron chi connectivity index (χ4n) is 2.75. The topological polar surface area (TPSA) is 92.2 Å². The molecule has 0 aliphatic rings. The lowest BCUT2D eigenvalue weighted by Crippen LogP contribution is -2.21. The van der Waals surface area contributed by atoms with E-state index < -0.39 is 6.36 Å². The van der Waals surface area contributed by atoms with Gasteiger partial charge in [-0.3, -0.25) is 4.98 Å². The van der Waals surface area contributed by atoms with Crippen LogP contribution in [0.5, 0.6) is 5.75 Å². The van der Waals surface area contributed by atoms with Crippen LogP contribution in [0.2, 0.25) is 0 Å². The summed E-state index contributed by atoms with van der Waals surface area (Å²) in [4.78, 5) is 12.8. The monoisotopic (exact) mass is 433 g/mol. The van der Waals surface area contributed by atoms with Gasteiger partial charge in [-0.15, -0.1) is 13.2 Å². The number of pyridine rings is 1. The molecule has 3 N–H and O–H groups in total. The van der Waals surface area contributed by atoms with E-state index >= 15 is 0 Å². The van der Waals surface area contributed by atoms with Crippen LogP contribution in [0.15, 0.2) is 54.9 Å². The van der Waals surface area contributed by atoms with E-state index in [1.54, 1.807) is 31.5 Å². The predicted octanol–water partition coefficient (Wildman–Crippen LogP) is 3.88. The van der Waals surface area contributed by atoms with Crippen molar-refractivity contribution in [2.45, 2.75) is 25.7 Å². The van der Waals surface area contributed by atoms with Crippen molar-refractivity contribution in [1.82, 2.24) is 15.0 Å². The minimum Gasteiger partial charge on any atom is -0.406 e. The zero-order chi connectivity index (χ0) is 22.3. The van der Waals surface area contributed by atoms with Crippen molar-refractivity contribution in [3.63, 3.8) is 0 Å². The molecule has 7 nitrogen and oxygen atoms in total. The van der Waals surface area contributed by atoms with Crippen molar-refractivity contribution >= 4 is 11.8 Å². The zero-order valence-electron chi connectivity index (χ0n) is 16.7. The van der Waals surface area contributed by atoms with Crippen LogP contribution in [0.4, 0.5) is 24.9 Å². The molecule has 0 saturated heterocycles. The third kappa shape index (κ3) is 7.10. The van der Waals surface area contributed by atoms with Gasteiger partial charge in [0.1, 0.15) is 11.6 Å². The zero-order valence-corrected chi connectivity index (χ0v) is 16.7. The van der Waals surface area contributed by atoms with Gasteiger partial charge in [-0.2, -0.15) is 4.98 Å². The second-order valence-electron chi connectivity index (χ2n) is 6.80. The number of anilines is 2. The van der Waals surface area contributed by atoms with Gasteiger partial charge in [0.2, 0.25) is 5.95 Å². The van der Waals surface area contributed by atoms with Gasteiger partial charge in [0.25, 0.3) is 0 Å². The summed E-state index contributed by atoms with van der Waals surface area (Å²) in [5, 5.41) is 15.5. The number of ether oxygens (including phenoxy) is 1. The summed E-state index contributed by atoms with van der Waals surface area (Å²) in [5.41, 5.74) is 1.93. The van der Waals surface area contributed by atoms with E-state index in [1.807, 2.05) is 12.1 Å². The third-order valence-corrected chi connectivity index (χ3v) is 4.21. The molecule has 164 valence electrons. The van der Waals surface area contributed by atoms with Crippen molar-refractivity contribution in [1.29, 1.82) is 0 Å². The second-order valence-corrected chi connectivity index (χ2v) is 6.80. The second kappa shape index (κ2) is 10.1. The largest absolute Gasteiger partial charge is 0.573 e. The third-order valence-electron chi connectivity index (χ3n) is 4.21. The molecule has 1 aromatic carbocycles. The van der Waals surface area contributed by atoms with Crippen LogP contribution >= 0.6 is 0 Å². The molecular weight excluding hydrogens is 411 g/mol. The summed E-state index contributed by atoms with van der Waals surface area (Å²) in [6.07, 6.45) is -0.626. The summed E-state index contributed by atoms with van der Waals surface area (Å²) in [6, 6.07) is 10.7. The van der Waals surface area contributed by atoms with Gasteiger partial charge < -0.3 is 20.5 Å². The van der Waals surface area contributed by atoms with E-state index in [0.29, 0.717) is 23.6 Å². The lowest BCUT2D eigenvalue weighted by molar-refractivity contribution is -0.274. The number of nitrogens with one attached hydrogen (secondary N) is 2. The van der Waals surface area contributed by atoms with Gasteiger partial charge in [0.05, 0.1) is 12.3 Å². The normalized spacial score (nSPS) is 12.3. The summed E-state index contributed by atoms with van der Waals surface area (Å²) in [7, 11) is 0. The molecule has 10 heteroatoms. The number of benzene rings is 1. The molecule has 0 aliphatic carbocycles. The maximum atomic E-state index is 12.6. The van der Waals surface area contributed by atoms with Crippen molar-refractivity contribution in [2.75, 3.05) is 23.8 Å². The maximum absolute atomic E-state index is 12.6. The van der Waals surface area contributed by atoms with Gasteiger partial charge in [-0.1, -0.05) is 12.1 Å². The van der Waals surface area contributed by atoms with Gasteiger partial charge in [-0.05, 0) is 43.2 Å². The Kier molecular flexibility index (Phi) is 7.24. The number of hydrogen-bond acceptors (Lipinski definition) is 7. The number of alkyl halides is 3. The van der Waals surface area contributed by atoms with Crippen LogP contribution in [0.1, 0.15) is 12.5 Å². The van der Waals surface area contributed by atoms with Crippen molar-refractivity contribution < 1.29 is 23.0 Å². The number of nitrogens with zero attached hydrogens (tertiary/aromatic N) is 3. The molecule has 0 saturated carbocycles. The Hall–Kier alpha value is -3.40. The lowest BCUT2D eigenvalue weighted by Gasteiger charge is -2.15. The van der Waals surface area contributed by atoms with Crippen LogP contribution in [0.25, 0.3) is 11.3 Å². The Morgan fingerprint density at radius 2 is 1.87 bits per heavy atom. The molecule has 31 heavy (non-hydrogen) atoms. The first-order valence-electron chi connectivity index (χ1n) is 9.58. The highest BCUT2D eigenvalue weighted by Crippen LogP contribution is 2.28. The fourth-order valence-corrected chi connectivity index (χ4v) is 2.75. The minimum absolute atomic E-state index is 0.132. The van der Waals surface area contributed by atoms with Crippen LogP contribution in [-0.4, -0.2) is 45.6 Å². The molecule has 0 spiro atoms. The number of aromatic nitrogens is 3. The number of rotatable bonds is 9. The molecule has 0 bridgehead atoms. The summed E-state index contributed by atoms with van der Waals surface area (Å²) in [5.74, 6) is 0.399. The summed E-state index contributed by atoms with van der Waals surface area (Å²) < 4.78 is 41.7. The smallest absolute Gasteiger partial charge is 0.406 e. The Morgan fingerprint density at radius 3 is 2.58 bits per heavy atom. The van der Waals surface area contributed by atoms with Gasteiger partial charge >= 0.3 is 6.36 Å².